The Morgan fingerprint density at radius 2 is 1.78 bits per heavy atom. The van der Waals surface area contributed by atoms with Crippen LogP contribution in [0.4, 0.5) is 5.69 Å². The molecule has 1 aromatic rings. The second-order valence-electron chi connectivity index (χ2n) is 6.63. The topological polar surface area (TPSA) is 38.8 Å². The fraction of sp³-hybridized carbons (Fsp3) is 0.611. The third-order valence-corrected chi connectivity index (χ3v) is 4.50. The molecule has 128 valence electrons. The quantitative estimate of drug-likeness (QED) is 0.855. The minimum atomic E-state index is -0.0580. The molecule has 5 heteroatoms. The zero-order valence-electron chi connectivity index (χ0n) is 14.9. The highest BCUT2D eigenvalue weighted by Gasteiger charge is 2.25. The number of amides is 1. The summed E-state index contributed by atoms with van der Waals surface area (Å²) in [6.07, 6.45) is 0. The van der Waals surface area contributed by atoms with Gasteiger partial charge in [0.25, 0.3) is 0 Å². The Kier molecular flexibility index (Phi) is 6.42. The summed E-state index contributed by atoms with van der Waals surface area (Å²) in [6, 6.07) is 8.62. The van der Waals surface area contributed by atoms with Crippen molar-refractivity contribution in [1.82, 2.24) is 15.1 Å². The van der Waals surface area contributed by atoms with Gasteiger partial charge in [0, 0.05) is 45.0 Å². The summed E-state index contributed by atoms with van der Waals surface area (Å²) in [5.74, 6) is 0.135. The van der Waals surface area contributed by atoms with Crippen molar-refractivity contribution in [2.75, 3.05) is 58.3 Å². The lowest BCUT2D eigenvalue weighted by Gasteiger charge is -2.38. The molecule has 0 radical (unpaired) electrons. The monoisotopic (exact) mass is 318 g/mol. The molecule has 5 nitrogen and oxygen atoms in total. The van der Waals surface area contributed by atoms with E-state index < -0.39 is 0 Å². The highest BCUT2D eigenvalue weighted by molar-refractivity contribution is 5.81. The zero-order chi connectivity index (χ0) is 16.8. The lowest BCUT2D eigenvalue weighted by molar-refractivity contribution is -0.126. The molecule has 0 aromatic heterocycles. The van der Waals surface area contributed by atoms with Crippen molar-refractivity contribution in [1.29, 1.82) is 0 Å². The number of hydrogen-bond acceptors (Lipinski definition) is 4. The molecule has 1 amide bonds. The second-order valence-corrected chi connectivity index (χ2v) is 6.63. The number of carbonyl (C=O) groups is 1. The van der Waals surface area contributed by atoms with Gasteiger partial charge in [-0.3, -0.25) is 9.69 Å². The number of hydrogen-bond donors (Lipinski definition) is 1. The van der Waals surface area contributed by atoms with E-state index in [2.05, 4.69) is 51.2 Å². The summed E-state index contributed by atoms with van der Waals surface area (Å²) < 4.78 is 0. The molecule has 0 bridgehead atoms. The number of likely N-dealkylation sites (N-methyl/N-ethyl adjacent to an activating group) is 1. The molecule has 1 N–H and O–H groups in total. The van der Waals surface area contributed by atoms with E-state index in [0.717, 1.165) is 32.7 Å². The van der Waals surface area contributed by atoms with Crippen LogP contribution in [0.25, 0.3) is 0 Å². The normalized spacial score (nSPS) is 17.3. The second kappa shape index (κ2) is 8.31. The fourth-order valence-corrected chi connectivity index (χ4v) is 2.84. The highest BCUT2D eigenvalue weighted by atomic mass is 16.2. The largest absolute Gasteiger partial charge is 0.369 e. The molecule has 1 saturated heterocycles. The Hall–Kier alpha value is -1.59. The third-order valence-electron chi connectivity index (χ3n) is 4.50. The smallest absolute Gasteiger partial charge is 0.237 e. The number of benzene rings is 1. The molecule has 1 atom stereocenters. The zero-order valence-corrected chi connectivity index (χ0v) is 14.9. The number of carbonyl (C=O) groups excluding carboxylic acids is 1. The van der Waals surface area contributed by atoms with Crippen molar-refractivity contribution in [2.24, 2.45) is 0 Å². The molecule has 1 fully saturated rings. The van der Waals surface area contributed by atoms with Crippen LogP contribution in [0.15, 0.2) is 24.3 Å². The first-order chi connectivity index (χ1) is 11.0. The molecule has 0 aliphatic carbocycles. The minimum Gasteiger partial charge on any atom is -0.369 e. The average molecular weight is 318 g/mol. The molecule has 23 heavy (non-hydrogen) atoms. The Bertz CT molecular complexity index is 492. The Labute approximate surface area is 140 Å². The van der Waals surface area contributed by atoms with Crippen LogP contribution in [0.2, 0.25) is 0 Å². The van der Waals surface area contributed by atoms with Gasteiger partial charge in [-0.05, 0) is 40.1 Å². The summed E-state index contributed by atoms with van der Waals surface area (Å²) >= 11 is 0. The average Bonchev–Trinajstić information content (AvgIpc) is 2.54. The molecule has 2 rings (SSSR count). The lowest BCUT2D eigenvalue weighted by Crippen LogP contribution is -2.54. The molecule has 0 unspecified atom stereocenters. The number of anilines is 1. The summed E-state index contributed by atoms with van der Waals surface area (Å²) in [7, 11) is 4.03. The maximum absolute atomic E-state index is 12.2. The van der Waals surface area contributed by atoms with E-state index in [4.69, 9.17) is 0 Å². The Morgan fingerprint density at radius 3 is 2.35 bits per heavy atom. The Balaban J connectivity index is 1.79. The predicted molar refractivity (Wildman–Crippen MR) is 96.0 cm³/mol. The van der Waals surface area contributed by atoms with Crippen molar-refractivity contribution >= 4 is 11.6 Å². The first-order valence-corrected chi connectivity index (χ1v) is 8.45. The van der Waals surface area contributed by atoms with E-state index in [1.165, 1.54) is 11.3 Å². The summed E-state index contributed by atoms with van der Waals surface area (Å²) in [4.78, 5) is 19.0. The van der Waals surface area contributed by atoms with Gasteiger partial charge in [-0.25, -0.2) is 0 Å². The van der Waals surface area contributed by atoms with E-state index in [-0.39, 0.29) is 11.9 Å². The number of aryl methyl sites for hydroxylation is 1. The summed E-state index contributed by atoms with van der Waals surface area (Å²) in [5.41, 5.74) is 2.56. The number of nitrogens with zero attached hydrogens (tertiary/aromatic N) is 3. The Morgan fingerprint density at radius 1 is 1.17 bits per heavy atom. The fourth-order valence-electron chi connectivity index (χ4n) is 2.84. The first-order valence-electron chi connectivity index (χ1n) is 8.45. The van der Waals surface area contributed by atoms with Gasteiger partial charge < -0.3 is 15.1 Å². The van der Waals surface area contributed by atoms with E-state index >= 15 is 0 Å². The van der Waals surface area contributed by atoms with Crippen LogP contribution >= 0.6 is 0 Å². The van der Waals surface area contributed by atoms with Crippen molar-refractivity contribution in [3.8, 4) is 0 Å². The first kappa shape index (κ1) is 17.8. The highest BCUT2D eigenvalue weighted by Crippen LogP contribution is 2.17. The molecule has 1 aliphatic heterocycles. The van der Waals surface area contributed by atoms with Gasteiger partial charge in [0.15, 0.2) is 0 Å². The standard InChI is InChI=1S/C18H30N4O/c1-15-5-7-17(8-6-15)22-13-11-21(12-14-22)16(2)18(23)19-9-10-20(3)4/h5-8,16H,9-14H2,1-4H3,(H,19,23)/t16-/m1/s1. The lowest BCUT2D eigenvalue weighted by atomic mass is 10.1. The summed E-state index contributed by atoms with van der Waals surface area (Å²) in [6.45, 7) is 9.49. The maximum Gasteiger partial charge on any atom is 0.237 e. The molecule has 1 heterocycles. The molecule has 0 spiro atoms. The summed E-state index contributed by atoms with van der Waals surface area (Å²) in [5, 5.41) is 3.02. The molecule has 1 aliphatic rings. The van der Waals surface area contributed by atoms with Gasteiger partial charge in [0.05, 0.1) is 6.04 Å². The van der Waals surface area contributed by atoms with Crippen LogP contribution in [0.3, 0.4) is 0 Å². The van der Waals surface area contributed by atoms with Gasteiger partial charge in [0.1, 0.15) is 0 Å². The van der Waals surface area contributed by atoms with Crippen molar-refractivity contribution in [3.63, 3.8) is 0 Å². The van der Waals surface area contributed by atoms with Crippen molar-refractivity contribution < 1.29 is 4.79 Å². The molecule has 1 aromatic carbocycles. The van der Waals surface area contributed by atoms with Crippen molar-refractivity contribution in [3.05, 3.63) is 29.8 Å². The van der Waals surface area contributed by atoms with Crippen LogP contribution in [-0.2, 0) is 4.79 Å². The molecular weight excluding hydrogens is 288 g/mol. The molecule has 0 saturated carbocycles. The van der Waals surface area contributed by atoms with Gasteiger partial charge >= 0.3 is 0 Å². The van der Waals surface area contributed by atoms with E-state index in [1.807, 2.05) is 21.0 Å². The predicted octanol–water partition coefficient (Wildman–Crippen LogP) is 1.18. The van der Waals surface area contributed by atoms with Crippen molar-refractivity contribution in [2.45, 2.75) is 19.9 Å². The van der Waals surface area contributed by atoms with Crippen LogP contribution in [0.5, 0.6) is 0 Å². The van der Waals surface area contributed by atoms with Gasteiger partial charge in [-0.15, -0.1) is 0 Å². The van der Waals surface area contributed by atoms with Crippen LogP contribution in [0.1, 0.15) is 12.5 Å². The van der Waals surface area contributed by atoms with Crippen LogP contribution in [0, 0.1) is 6.92 Å². The number of rotatable bonds is 6. The van der Waals surface area contributed by atoms with Crippen LogP contribution in [-0.4, -0.2) is 75.1 Å². The van der Waals surface area contributed by atoms with E-state index in [0.29, 0.717) is 6.54 Å². The minimum absolute atomic E-state index is 0.0580. The van der Waals surface area contributed by atoms with Crippen LogP contribution < -0.4 is 10.2 Å². The van der Waals surface area contributed by atoms with E-state index in [1.54, 1.807) is 0 Å². The van der Waals surface area contributed by atoms with E-state index in [9.17, 15) is 4.79 Å². The number of piperazine rings is 1. The molecular formula is C18H30N4O. The SMILES string of the molecule is Cc1ccc(N2CCN([C@H](C)C(=O)NCCN(C)C)CC2)cc1. The van der Waals surface area contributed by atoms with Gasteiger partial charge in [0.2, 0.25) is 5.91 Å². The van der Waals surface area contributed by atoms with Gasteiger partial charge in [-0.2, -0.15) is 0 Å². The van der Waals surface area contributed by atoms with Gasteiger partial charge in [-0.1, -0.05) is 17.7 Å². The third kappa shape index (κ3) is 5.22. The number of nitrogens with one attached hydrogen (secondary N) is 1. The maximum atomic E-state index is 12.2.